The Bertz CT molecular complexity index is 374. The van der Waals surface area contributed by atoms with Crippen LogP contribution in [-0.2, 0) is 0 Å². The van der Waals surface area contributed by atoms with Crippen molar-refractivity contribution in [2.24, 2.45) is 0 Å². The van der Waals surface area contributed by atoms with Gasteiger partial charge in [0.05, 0.1) is 6.10 Å². The minimum atomic E-state index is -0.735. The van der Waals surface area contributed by atoms with Gasteiger partial charge in [0.2, 0.25) is 0 Å². The number of hydrogen-bond donors (Lipinski definition) is 4. The van der Waals surface area contributed by atoms with Crippen molar-refractivity contribution >= 4 is 0 Å². The Kier molecular flexibility index (Phi) is 7.36. The van der Waals surface area contributed by atoms with Gasteiger partial charge >= 0.3 is 0 Å². The van der Waals surface area contributed by atoms with Crippen LogP contribution in [0.3, 0.4) is 0 Å². The maximum atomic E-state index is 9.98. The van der Waals surface area contributed by atoms with Crippen LogP contribution in [0.15, 0.2) is 18.2 Å². The summed E-state index contributed by atoms with van der Waals surface area (Å²) >= 11 is 0. The average molecular weight is 282 g/mol. The monoisotopic (exact) mass is 282 g/mol. The molecule has 0 spiro atoms. The Morgan fingerprint density at radius 1 is 1.10 bits per heavy atom. The van der Waals surface area contributed by atoms with Crippen molar-refractivity contribution in [2.75, 3.05) is 32.7 Å². The second kappa shape index (κ2) is 8.79. The predicted octanol–water partition coefficient (Wildman–Crippen LogP) is 1.45. The Morgan fingerprint density at radius 3 is 2.25 bits per heavy atom. The summed E-state index contributed by atoms with van der Waals surface area (Å²) in [6.07, 6.45) is 0.293. The summed E-state index contributed by atoms with van der Waals surface area (Å²) in [6, 6.07) is 4.16. The third-order valence-corrected chi connectivity index (χ3v) is 3.37. The topological polar surface area (TPSA) is 76.0 Å². The molecule has 0 radical (unpaired) electrons. The van der Waals surface area contributed by atoms with Gasteiger partial charge in [0, 0.05) is 12.6 Å². The van der Waals surface area contributed by atoms with Gasteiger partial charge < -0.3 is 25.5 Å². The Hall–Kier alpha value is -1.30. The van der Waals surface area contributed by atoms with Gasteiger partial charge in [0.25, 0.3) is 0 Å². The summed E-state index contributed by atoms with van der Waals surface area (Å²) < 4.78 is 0. The highest BCUT2D eigenvalue weighted by molar-refractivity contribution is 5.37. The number of aliphatic hydroxyl groups excluding tert-OH is 1. The second-order valence-electron chi connectivity index (χ2n) is 4.88. The summed E-state index contributed by atoms with van der Waals surface area (Å²) in [5, 5.41) is 31.9. The molecule has 1 unspecified atom stereocenters. The molecule has 0 aliphatic heterocycles. The van der Waals surface area contributed by atoms with E-state index in [4.69, 9.17) is 0 Å². The van der Waals surface area contributed by atoms with E-state index in [1.54, 1.807) is 0 Å². The zero-order chi connectivity index (χ0) is 15.0. The van der Waals surface area contributed by atoms with Crippen LogP contribution < -0.4 is 5.32 Å². The van der Waals surface area contributed by atoms with E-state index in [-0.39, 0.29) is 11.5 Å². The van der Waals surface area contributed by atoms with Crippen molar-refractivity contribution < 1.29 is 15.3 Å². The fourth-order valence-electron chi connectivity index (χ4n) is 2.13. The highest BCUT2D eigenvalue weighted by atomic mass is 16.3. The van der Waals surface area contributed by atoms with Crippen LogP contribution in [0.4, 0.5) is 0 Å². The number of nitrogens with zero attached hydrogens (tertiary/aromatic N) is 1. The molecule has 1 aromatic carbocycles. The number of phenolic OH excluding ortho intramolecular Hbond substituents is 2. The van der Waals surface area contributed by atoms with Crippen molar-refractivity contribution in [3.05, 3.63) is 23.8 Å². The molecule has 0 aliphatic rings. The summed E-state index contributed by atoms with van der Waals surface area (Å²) in [6.45, 7) is 8.69. The molecular formula is C15H26N2O3. The standard InChI is InChI=1S/C15H26N2O3/c1-3-17(4-2)7-5-6-16-11-15(20)12-8-13(18)10-14(19)9-12/h8-10,15-16,18-20H,3-7,11H2,1-2H3. The van der Waals surface area contributed by atoms with Gasteiger partial charge in [-0.2, -0.15) is 0 Å². The molecular weight excluding hydrogens is 256 g/mol. The molecule has 0 fully saturated rings. The van der Waals surface area contributed by atoms with Crippen LogP contribution in [0.2, 0.25) is 0 Å². The molecule has 0 saturated carbocycles. The Balaban J connectivity index is 2.27. The van der Waals surface area contributed by atoms with Gasteiger partial charge in [-0.25, -0.2) is 0 Å². The van der Waals surface area contributed by atoms with Crippen LogP contribution in [0.5, 0.6) is 11.5 Å². The van der Waals surface area contributed by atoms with Crippen LogP contribution in [0.25, 0.3) is 0 Å². The maximum Gasteiger partial charge on any atom is 0.119 e. The summed E-state index contributed by atoms with van der Waals surface area (Å²) in [5.74, 6) is -0.0823. The highest BCUT2D eigenvalue weighted by Crippen LogP contribution is 2.24. The van der Waals surface area contributed by atoms with E-state index in [0.29, 0.717) is 12.1 Å². The van der Waals surface area contributed by atoms with Gasteiger partial charge in [0.15, 0.2) is 0 Å². The zero-order valence-corrected chi connectivity index (χ0v) is 12.3. The largest absolute Gasteiger partial charge is 0.508 e. The van der Waals surface area contributed by atoms with E-state index in [2.05, 4.69) is 24.1 Å². The predicted molar refractivity (Wildman–Crippen MR) is 80.0 cm³/mol. The van der Waals surface area contributed by atoms with Gasteiger partial charge in [0.1, 0.15) is 11.5 Å². The molecule has 0 saturated heterocycles. The van der Waals surface area contributed by atoms with E-state index >= 15 is 0 Å². The van der Waals surface area contributed by atoms with Gasteiger partial charge in [-0.05, 0) is 50.3 Å². The van der Waals surface area contributed by atoms with E-state index in [1.807, 2.05) is 0 Å². The molecule has 0 amide bonds. The van der Waals surface area contributed by atoms with Crippen LogP contribution in [-0.4, -0.2) is 52.9 Å². The van der Waals surface area contributed by atoms with Crippen LogP contribution in [0.1, 0.15) is 31.9 Å². The number of nitrogens with one attached hydrogen (secondary N) is 1. The van der Waals surface area contributed by atoms with E-state index in [9.17, 15) is 15.3 Å². The van der Waals surface area contributed by atoms with Crippen molar-refractivity contribution in [3.8, 4) is 11.5 Å². The molecule has 20 heavy (non-hydrogen) atoms. The molecule has 0 aliphatic carbocycles. The Labute approximate surface area is 120 Å². The molecule has 1 rings (SSSR count). The summed E-state index contributed by atoms with van der Waals surface area (Å²) in [4.78, 5) is 2.35. The first-order valence-electron chi connectivity index (χ1n) is 7.20. The third kappa shape index (κ3) is 5.77. The number of phenols is 2. The molecule has 5 heteroatoms. The minimum absolute atomic E-state index is 0.0411. The molecule has 1 aromatic rings. The average Bonchev–Trinajstić information content (AvgIpc) is 2.41. The molecule has 5 nitrogen and oxygen atoms in total. The second-order valence-corrected chi connectivity index (χ2v) is 4.88. The molecule has 0 aromatic heterocycles. The first kappa shape index (κ1) is 16.8. The summed E-state index contributed by atoms with van der Waals surface area (Å²) in [7, 11) is 0. The number of rotatable bonds is 9. The lowest BCUT2D eigenvalue weighted by Crippen LogP contribution is -2.28. The fraction of sp³-hybridized carbons (Fsp3) is 0.600. The lowest BCUT2D eigenvalue weighted by molar-refractivity contribution is 0.173. The van der Waals surface area contributed by atoms with E-state index in [0.717, 1.165) is 32.6 Å². The maximum absolute atomic E-state index is 9.98. The van der Waals surface area contributed by atoms with Crippen molar-refractivity contribution in [3.63, 3.8) is 0 Å². The van der Waals surface area contributed by atoms with Crippen molar-refractivity contribution in [2.45, 2.75) is 26.4 Å². The van der Waals surface area contributed by atoms with Crippen molar-refractivity contribution in [1.82, 2.24) is 10.2 Å². The molecule has 0 bridgehead atoms. The highest BCUT2D eigenvalue weighted by Gasteiger charge is 2.09. The Morgan fingerprint density at radius 2 is 1.70 bits per heavy atom. The van der Waals surface area contributed by atoms with Crippen molar-refractivity contribution in [1.29, 1.82) is 0 Å². The number of aliphatic hydroxyl groups is 1. The molecule has 4 N–H and O–H groups in total. The number of aromatic hydroxyl groups is 2. The van der Waals surface area contributed by atoms with Gasteiger partial charge in [-0.1, -0.05) is 13.8 Å². The lowest BCUT2D eigenvalue weighted by Gasteiger charge is -2.18. The number of benzene rings is 1. The quantitative estimate of drug-likeness (QED) is 0.516. The first-order chi connectivity index (χ1) is 9.56. The normalized spacial score (nSPS) is 12.8. The van der Waals surface area contributed by atoms with E-state index < -0.39 is 6.10 Å². The van der Waals surface area contributed by atoms with E-state index in [1.165, 1.54) is 18.2 Å². The fourth-order valence-corrected chi connectivity index (χ4v) is 2.13. The van der Waals surface area contributed by atoms with Gasteiger partial charge in [-0.3, -0.25) is 0 Å². The van der Waals surface area contributed by atoms with Crippen LogP contribution >= 0.6 is 0 Å². The lowest BCUT2D eigenvalue weighted by atomic mass is 10.1. The third-order valence-electron chi connectivity index (χ3n) is 3.37. The van der Waals surface area contributed by atoms with Gasteiger partial charge in [-0.15, -0.1) is 0 Å². The number of hydrogen-bond acceptors (Lipinski definition) is 5. The first-order valence-corrected chi connectivity index (χ1v) is 7.20. The molecule has 114 valence electrons. The summed E-state index contributed by atoms with van der Waals surface area (Å²) in [5.41, 5.74) is 0.513. The van der Waals surface area contributed by atoms with Crippen LogP contribution in [0, 0.1) is 0 Å². The molecule has 1 atom stereocenters. The minimum Gasteiger partial charge on any atom is -0.508 e. The SMILES string of the molecule is CCN(CC)CCCNCC(O)c1cc(O)cc(O)c1. The smallest absolute Gasteiger partial charge is 0.119 e. The zero-order valence-electron chi connectivity index (χ0n) is 12.3. The molecule has 0 heterocycles.